The highest BCUT2D eigenvalue weighted by molar-refractivity contribution is 6.18. The summed E-state index contributed by atoms with van der Waals surface area (Å²) < 4.78 is 6.83. The van der Waals surface area contributed by atoms with E-state index >= 15 is 0 Å². The third-order valence-electron chi connectivity index (χ3n) is 9.40. The molecule has 47 heavy (non-hydrogen) atoms. The van der Waals surface area contributed by atoms with Gasteiger partial charge in [0.05, 0.1) is 16.9 Å². The average Bonchev–Trinajstić information content (AvgIpc) is 3.50. The minimum atomic E-state index is -0.0646. The second kappa shape index (κ2) is 11.9. The molecule has 1 aliphatic carbocycles. The van der Waals surface area contributed by atoms with Crippen LogP contribution < -0.4 is 0 Å². The fourth-order valence-electron chi connectivity index (χ4n) is 7.13. The number of nitrogens with zero attached hydrogens (tertiary/aromatic N) is 2. The Morgan fingerprint density at radius 2 is 1.60 bits per heavy atom. The number of allylic oxidation sites excluding steroid dienone is 8. The normalized spacial score (nSPS) is 17.7. The predicted octanol–water partition coefficient (Wildman–Crippen LogP) is 11.7. The van der Waals surface area contributed by atoms with Gasteiger partial charge in [0.2, 0.25) is 0 Å². The molecule has 226 valence electrons. The molecule has 2 aliphatic rings. The Bertz CT molecular complexity index is 2360. The fourth-order valence-corrected chi connectivity index (χ4v) is 7.13. The molecule has 0 bridgehead atoms. The largest absolute Gasteiger partial charge is 0.455 e. The Hall–Kier alpha value is -5.80. The van der Waals surface area contributed by atoms with Gasteiger partial charge in [0.1, 0.15) is 11.2 Å². The van der Waals surface area contributed by atoms with Crippen LogP contribution in [0.2, 0.25) is 0 Å². The summed E-state index contributed by atoms with van der Waals surface area (Å²) in [6.07, 6.45) is 16.2. The number of fused-ring (bicyclic) bond motifs is 4. The van der Waals surface area contributed by atoms with E-state index in [1.807, 2.05) is 36.4 Å². The predicted molar refractivity (Wildman–Crippen MR) is 198 cm³/mol. The smallest absolute Gasteiger partial charge is 0.144 e. The molecule has 0 fully saturated rings. The molecule has 0 saturated carbocycles. The van der Waals surface area contributed by atoms with Gasteiger partial charge in [-0.25, -0.2) is 4.98 Å². The van der Waals surface area contributed by atoms with Gasteiger partial charge in [0.15, 0.2) is 0 Å². The van der Waals surface area contributed by atoms with Gasteiger partial charge in [0.25, 0.3) is 0 Å². The Morgan fingerprint density at radius 3 is 2.43 bits per heavy atom. The highest BCUT2D eigenvalue weighted by Crippen LogP contribution is 2.43. The molecule has 2 aromatic heterocycles. The average molecular weight is 607 g/mol. The third kappa shape index (κ3) is 4.92. The van der Waals surface area contributed by atoms with Crippen molar-refractivity contribution in [1.29, 1.82) is 0 Å². The lowest BCUT2D eigenvalue weighted by molar-refractivity contribution is 0.642. The van der Waals surface area contributed by atoms with E-state index in [0.717, 1.165) is 90.6 Å². The first-order valence-electron chi connectivity index (χ1n) is 16.2. The lowest BCUT2D eigenvalue weighted by atomic mass is 9.75. The van der Waals surface area contributed by atoms with E-state index in [0.29, 0.717) is 0 Å². The number of pyridine rings is 1. The molecular formula is C44H34N2O. The summed E-state index contributed by atoms with van der Waals surface area (Å²) in [5.74, 6) is 0.00874. The molecule has 0 radical (unpaired) electrons. The summed E-state index contributed by atoms with van der Waals surface area (Å²) in [7, 11) is 0. The lowest BCUT2D eigenvalue weighted by Gasteiger charge is -2.32. The van der Waals surface area contributed by atoms with Crippen molar-refractivity contribution < 1.29 is 4.42 Å². The maximum absolute atomic E-state index is 6.83. The number of aromatic nitrogens is 1. The van der Waals surface area contributed by atoms with E-state index < -0.39 is 0 Å². The molecular weight excluding hydrogens is 572 g/mol. The molecule has 0 saturated heterocycles. The van der Waals surface area contributed by atoms with Crippen molar-refractivity contribution in [2.75, 3.05) is 0 Å². The summed E-state index contributed by atoms with van der Waals surface area (Å²) in [4.78, 5) is 10.6. The first-order valence-corrected chi connectivity index (χ1v) is 16.2. The molecule has 3 nitrogen and oxygen atoms in total. The molecule has 0 amide bonds. The highest BCUT2D eigenvalue weighted by atomic mass is 16.3. The standard InChI is InChI=1S/C44H34N2O/c1-4-7-15-31-24-30-18-11-13-20-39(30)45-42(31)32-25-37-36-23-22-29(28-16-9-8-10-17-28)27-41(36)47-44(37)38(26-32)43-34(6-3)33(5-2)35-19-12-14-21-40(35)46-43/h4-13,15-20,22-27,33-34H,1-3,14,21H2/b15-7-. The molecule has 3 heteroatoms. The molecule has 1 aliphatic heterocycles. The first kappa shape index (κ1) is 28.7. The van der Waals surface area contributed by atoms with Gasteiger partial charge >= 0.3 is 0 Å². The van der Waals surface area contributed by atoms with E-state index in [1.165, 1.54) is 5.57 Å². The number of para-hydroxylation sites is 1. The number of hydrogen-bond acceptors (Lipinski definition) is 3. The van der Waals surface area contributed by atoms with Crippen LogP contribution >= 0.6 is 0 Å². The van der Waals surface area contributed by atoms with Crippen molar-refractivity contribution in [1.82, 2.24) is 4.98 Å². The van der Waals surface area contributed by atoms with Crippen LogP contribution in [0, 0.1) is 11.8 Å². The van der Waals surface area contributed by atoms with E-state index in [2.05, 4.69) is 111 Å². The van der Waals surface area contributed by atoms with Crippen molar-refractivity contribution >= 4 is 44.6 Å². The molecule has 8 rings (SSSR count). The molecule has 0 spiro atoms. The quantitative estimate of drug-likeness (QED) is 0.134. The minimum absolute atomic E-state index is 0.0646. The number of hydrogen-bond donors (Lipinski definition) is 0. The minimum Gasteiger partial charge on any atom is -0.455 e. The zero-order valence-electron chi connectivity index (χ0n) is 26.2. The summed E-state index contributed by atoms with van der Waals surface area (Å²) >= 11 is 0. The van der Waals surface area contributed by atoms with Crippen molar-refractivity contribution in [3.05, 3.63) is 170 Å². The molecule has 2 atom stereocenters. The van der Waals surface area contributed by atoms with Crippen LogP contribution in [0.1, 0.15) is 24.0 Å². The van der Waals surface area contributed by atoms with Crippen molar-refractivity contribution in [3.8, 4) is 22.4 Å². The zero-order chi connectivity index (χ0) is 31.9. The van der Waals surface area contributed by atoms with Gasteiger partial charge < -0.3 is 4.42 Å². The van der Waals surface area contributed by atoms with Gasteiger partial charge in [-0.15, -0.1) is 13.2 Å². The van der Waals surface area contributed by atoms with E-state index in [1.54, 1.807) is 6.08 Å². The van der Waals surface area contributed by atoms with Gasteiger partial charge in [0, 0.05) is 50.4 Å². The maximum atomic E-state index is 6.83. The van der Waals surface area contributed by atoms with Crippen molar-refractivity contribution in [2.45, 2.75) is 12.8 Å². The second-order valence-electron chi connectivity index (χ2n) is 12.2. The zero-order valence-corrected chi connectivity index (χ0v) is 26.2. The summed E-state index contributed by atoms with van der Waals surface area (Å²) in [6.45, 7) is 12.5. The Balaban J connectivity index is 1.44. The van der Waals surface area contributed by atoms with Crippen molar-refractivity contribution in [2.24, 2.45) is 16.8 Å². The van der Waals surface area contributed by atoms with E-state index in [9.17, 15) is 0 Å². The fraction of sp³-hybridized carbons (Fsp3) is 0.0909. The Labute approximate surface area is 275 Å². The lowest BCUT2D eigenvalue weighted by Crippen LogP contribution is -2.28. The SMILES string of the molecule is C=C/C=C\c1cc2ccccc2nc1-c1cc(C2=NC3=C(C=CCC3)C(C=C)C2C=C)c2oc3cc(-c4ccccc4)ccc3c2c1. The van der Waals surface area contributed by atoms with E-state index in [-0.39, 0.29) is 11.8 Å². The monoisotopic (exact) mass is 606 g/mol. The molecule has 0 N–H and O–H groups in total. The number of rotatable bonds is 7. The van der Waals surface area contributed by atoms with Crippen LogP contribution in [0.3, 0.4) is 0 Å². The molecule has 3 heterocycles. The van der Waals surface area contributed by atoms with Crippen LogP contribution in [-0.2, 0) is 0 Å². The van der Waals surface area contributed by atoms with Gasteiger partial charge in [-0.2, -0.15) is 0 Å². The van der Waals surface area contributed by atoms with E-state index in [4.69, 9.17) is 14.4 Å². The molecule has 2 unspecified atom stereocenters. The number of aliphatic imine (C=N–C) groups is 1. The first-order chi connectivity index (χ1) is 23.2. The Morgan fingerprint density at radius 1 is 0.766 bits per heavy atom. The van der Waals surface area contributed by atoms with Crippen molar-refractivity contribution in [3.63, 3.8) is 0 Å². The molecule has 6 aromatic rings. The summed E-state index contributed by atoms with van der Waals surface area (Å²) in [5.41, 5.74) is 12.0. The van der Waals surface area contributed by atoms with Crippen LogP contribution in [-0.4, -0.2) is 10.7 Å². The van der Waals surface area contributed by atoms with Crippen LogP contribution in [0.4, 0.5) is 0 Å². The van der Waals surface area contributed by atoms with Crippen LogP contribution in [0.15, 0.2) is 168 Å². The van der Waals surface area contributed by atoms with Crippen LogP contribution in [0.25, 0.3) is 61.3 Å². The topological polar surface area (TPSA) is 38.4 Å². The number of furan rings is 1. The highest BCUT2D eigenvalue weighted by Gasteiger charge is 2.33. The van der Waals surface area contributed by atoms with Gasteiger partial charge in [-0.1, -0.05) is 104 Å². The summed E-state index contributed by atoms with van der Waals surface area (Å²) in [6, 6.07) is 31.8. The second-order valence-corrected chi connectivity index (χ2v) is 12.2. The van der Waals surface area contributed by atoms with Crippen LogP contribution in [0.5, 0.6) is 0 Å². The Kier molecular flexibility index (Phi) is 7.23. The third-order valence-corrected chi connectivity index (χ3v) is 9.40. The maximum Gasteiger partial charge on any atom is 0.144 e. The molecule has 4 aromatic carbocycles. The van der Waals surface area contributed by atoms with Gasteiger partial charge in [-0.05, 0) is 65.9 Å². The number of benzene rings is 4. The van der Waals surface area contributed by atoms with Gasteiger partial charge in [-0.3, -0.25) is 4.99 Å². The summed E-state index contributed by atoms with van der Waals surface area (Å²) in [5, 5.41) is 3.18.